The number of unbranched alkanes of at least 4 members (excludes halogenated alkanes) is 9. The molecule has 126 heavy (non-hydrogen) atoms. The molecule has 12 amide bonds. The normalized spacial score (nSPS) is 24.5. The molecule has 17 atom stereocenters. The van der Waals surface area contributed by atoms with E-state index in [-0.39, 0.29) is 198 Å². The number of nitrogens with zero attached hydrogens (tertiary/aromatic N) is 1. The number of alkyl carbamates (subject to hydrolysis) is 3. The third-order valence-electron chi connectivity index (χ3n) is 21.7. The van der Waals surface area contributed by atoms with Gasteiger partial charge in [-0.25, -0.2) is 14.4 Å². The first-order valence-electron chi connectivity index (χ1n) is 44.4. The van der Waals surface area contributed by atoms with Gasteiger partial charge in [0.15, 0.2) is 18.9 Å². The number of likely N-dealkylation sites (tertiary alicyclic amines) is 1. The SMILES string of the molecule is COC[C@H]1C[C@H](OC)CN1C(=O)CCCNC(=O)CCC(=O)NC(CCCOC(=O)NCCCCCCNC(=O)CCCOC1OC(CO)C(O)C(O)C1NC(C)=O)(CCCOC(=O)NCCCCCCNC(=O)CCCOC1OC(CO)C(O)C(O)C1NC(C)=O)CCCOC(=O)NCCCCCCNC(=O)CCCOC1OC(CO)C(O)C(O)C1NC(C)=O. The van der Waals surface area contributed by atoms with Gasteiger partial charge in [-0.15, -0.1) is 0 Å². The number of carbonyl (C=O) groups excluding carboxylic acids is 12. The van der Waals surface area contributed by atoms with Crippen LogP contribution in [0.15, 0.2) is 0 Å². The lowest BCUT2D eigenvalue weighted by Gasteiger charge is -2.42. The lowest BCUT2D eigenvalue weighted by molar-refractivity contribution is -0.270. The van der Waals surface area contributed by atoms with Crippen LogP contribution in [-0.4, -0.2) is 365 Å². The Bertz CT molecular complexity index is 2930. The molecule has 44 nitrogen and oxygen atoms in total. The van der Waals surface area contributed by atoms with Crippen LogP contribution in [0.1, 0.15) is 207 Å². The number of hydrogen-bond donors (Lipinski definition) is 20. The van der Waals surface area contributed by atoms with Gasteiger partial charge < -0.3 is 161 Å². The maximum Gasteiger partial charge on any atom is 0.407 e. The third kappa shape index (κ3) is 44.6. The molecule has 4 heterocycles. The molecule has 4 aliphatic heterocycles. The molecule has 4 aliphatic rings. The molecule has 15 unspecified atom stereocenters. The zero-order valence-corrected chi connectivity index (χ0v) is 73.9. The van der Waals surface area contributed by atoms with Gasteiger partial charge in [-0.1, -0.05) is 38.5 Å². The molecule has 4 fully saturated rings. The second-order valence-corrected chi connectivity index (χ2v) is 32.0. The number of amides is 12. The minimum atomic E-state index is -1.47. The van der Waals surface area contributed by atoms with Gasteiger partial charge in [-0.3, -0.25) is 43.2 Å². The largest absolute Gasteiger partial charge is 0.450 e. The molecule has 4 saturated heterocycles. The first kappa shape index (κ1) is 111. The molecule has 0 bridgehead atoms. The summed E-state index contributed by atoms with van der Waals surface area (Å²) in [5.41, 5.74) is -1.09. The van der Waals surface area contributed by atoms with E-state index >= 15 is 0 Å². The minimum Gasteiger partial charge on any atom is -0.450 e. The maximum absolute atomic E-state index is 14.1. The number of aliphatic hydroxyl groups excluding tert-OH is 9. The van der Waals surface area contributed by atoms with E-state index in [0.29, 0.717) is 103 Å². The molecule has 0 saturated carbocycles. The quantitative estimate of drug-likeness (QED) is 0.0222. The lowest BCUT2D eigenvalue weighted by atomic mass is 9.83. The molecule has 20 N–H and O–H groups in total. The number of hydrogen-bond acceptors (Lipinski definition) is 32. The number of methoxy groups -OCH3 is 2. The smallest absolute Gasteiger partial charge is 0.407 e. The Labute approximate surface area is 736 Å². The molecule has 0 spiro atoms. The van der Waals surface area contributed by atoms with Crippen LogP contribution in [-0.2, 0) is 95.3 Å². The number of ether oxygens (including phenoxy) is 11. The van der Waals surface area contributed by atoms with E-state index in [0.717, 1.165) is 19.3 Å². The third-order valence-corrected chi connectivity index (χ3v) is 21.7. The lowest BCUT2D eigenvalue weighted by Crippen LogP contribution is -2.64. The summed E-state index contributed by atoms with van der Waals surface area (Å²) in [7, 11) is 3.16. The van der Waals surface area contributed by atoms with Gasteiger partial charge in [0.2, 0.25) is 53.2 Å². The fourth-order valence-electron chi connectivity index (χ4n) is 14.9. The van der Waals surface area contributed by atoms with E-state index in [1.54, 1.807) is 19.1 Å². The zero-order chi connectivity index (χ0) is 92.6. The highest BCUT2D eigenvalue weighted by Gasteiger charge is 2.48. The summed E-state index contributed by atoms with van der Waals surface area (Å²) in [5, 5.41) is 121. The van der Waals surface area contributed by atoms with Crippen molar-refractivity contribution in [1.82, 2.24) is 63.4 Å². The molecule has 726 valence electrons. The number of aliphatic hydroxyl groups is 9. The predicted molar refractivity (Wildman–Crippen MR) is 447 cm³/mol. The summed E-state index contributed by atoms with van der Waals surface area (Å²) in [6.45, 7) is 4.70. The van der Waals surface area contributed by atoms with E-state index in [1.807, 2.05) is 0 Å². The number of rotatable bonds is 65. The summed E-state index contributed by atoms with van der Waals surface area (Å²) >= 11 is 0. The molecule has 0 aromatic rings. The van der Waals surface area contributed by atoms with E-state index in [4.69, 9.17) is 52.1 Å². The molecule has 0 aliphatic carbocycles. The fourth-order valence-corrected chi connectivity index (χ4v) is 14.9. The average Bonchev–Trinajstić information content (AvgIpc) is 0.960. The Kier molecular flexibility index (Phi) is 56.4. The van der Waals surface area contributed by atoms with Crippen LogP contribution in [0.4, 0.5) is 14.4 Å². The molecular weight excluding hydrogens is 1660 g/mol. The highest BCUT2D eigenvalue weighted by atomic mass is 16.7. The second-order valence-electron chi connectivity index (χ2n) is 32.0. The Balaban J connectivity index is 1.29. The standard InChI is InChI=1S/C82H146N12O32/c1-53(98)90-67-73(110)70(107)58(49-95)124-76(67)118-41-19-25-61(101)83-34-12-6-9-15-37-87-79(113)121-44-22-31-82(93-65(105)30-29-64(104)86-40-18-28-66(106)94-48-57(117-5)47-56(94)52-116-4,32-23-45-122-80(114)88-38-16-10-7-13-35-84-62(102)26-20-42-119-77-68(91-54(2)99)74(111)71(108)59(50-96)125-77)33-24-46-123-81(115)89-39-17-11-8-14-36-85-63(103)27-21-43-120-78-69(92-55(3)100)75(112)72(109)60(51-97)126-78/h56-60,67-78,95-97,107-112H,6-52H2,1-5H3,(H,83,101)(H,84,102)(H,85,103)(H,86,104)(H,87,113)(H,88,114)(H,89,115)(H,90,98)(H,91,99)(H,92,100)(H,93,105)/t56-,57+,58?,59?,60?,67?,68?,69?,70?,71?,72?,73?,74?,75?,76?,77?,78?,82?/m1/s1. The highest BCUT2D eigenvalue weighted by molar-refractivity contribution is 5.84. The van der Waals surface area contributed by atoms with Crippen LogP contribution < -0.4 is 58.5 Å². The van der Waals surface area contributed by atoms with Gasteiger partial charge in [0, 0.05) is 131 Å². The fraction of sp³-hybridized carbons (Fsp3) is 0.854. The first-order chi connectivity index (χ1) is 60.5. The Morgan fingerprint density at radius 1 is 0.365 bits per heavy atom. The van der Waals surface area contributed by atoms with Crippen molar-refractivity contribution in [3.63, 3.8) is 0 Å². The second kappa shape index (κ2) is 64.2. The molecule has 0 radical (unpaired) electrons. The van der Waals surface area contributed by atoms with Crippen LogP contribution in [0, 0.1) is 0 Å². The van der Waals surface area contributed by atoms with Crippen molar-refractivity contribution in [1.29, 1.82) is 0 Å². The van der Waals surface area contributed by atoms with E-state index in [2.05, 4.69) is 58.5 Å². The van der Waals surface area contributed by atoms with E-state index in [9.17, 15) is 103 Å². The van der Waals surface area contributed by atoms with Gasteiger partial charge in [0.05, 0.1) is 78.2 Å². The highest BCUT2D eigenvalue weighted by Crippen LogP contribution is 2.30. The van der Waals surface area contributed by atoms with Crippen LogP contribution in [0.3, 0.4) is 0 Å². The van der Waals surface area contributed by atoms with E-state index < -0.39 is 165 Å². The van der Waals surface area contributed by atoms with Crippen molar-refractivity contribution in [2.75, 3.05) is 133 Å². The molecule has 4 rings (SSSR count). The molecule has 0 aromatic carbocycles. The maximum atomic E-state index is 14.1. The van der Waals surface area contributed by atoms with Crippen molar-refractivity contribution < 1.29 is 156 Å². The zero-order valence-electron chi connectivity index (χ0n) is 73.9. The van der Waals surface area contributed by atoms with Gasteiger partial charge in [0.25, 0.3) is 0 Å². The predicted octanol–water partition coefficient (Wildman–Crippen LogP) is -2.45. The minimum absolute atomic E-state index is 0.0175. The van der Waals surface area contributed by atoms with Gasteiger partial charge in [0.1, 0.15) is 73.1 Å². The van der Waals surface area contributed by atoms with Crippen LogP contribution in [0.25, 0.3) is 0 Å². The first-order valence-corrected chi connectivity index (χ1v) is 44.4. The van der Waals surface area contributed by atoms with Crippen molar-refractivity contribution in [3.8, 4) is 0 Å². The molecular formula is C82H146N12O32. The van der Waals surface area contributed by atoms with Crippen LogP contribution >= 0.6 is 0 Å². The summed E-state index contributed by atoms with van der Waals surface area (Å²) in [6, 6.07) is -3.45. The summed E-state index contributed by atoms with van der Waals surface area (Å²) in [6.07, 6.45) is -6.67. The topological polar surface area (TPSA) is 624 Å². The van der Waals surface area contributed by atoms with Gasteiger partial charge in [-0.05, 0) is 109 Å². The monoisotopic (exact) mass is 1810 g/mol. The molecule has 44 heteroatoms. The number of nitrogens with one attached hydrogen (secondary N) is 11. The molecule has 0 aromatic heterocycles. The van der Waals surface area contributed by atoms with E-state index in [1.165, 1.54) is 20.8 Å². The van der Waals surface area contributed by atoms with Crippen LogP contribution in [0.5, 0.6) is 0 Å². The summed E-state index contributed by atoms with van der Waals surface area (Å²) < 4.78 is 61.3. The van der Waals surface area contributed by atoms with Crippen molar-refractivity contribution in [3.05, 3.63) is 0 Å². The van der Waals surface area contributed by atoms with Crippen molar-refractivity contribution in [2.24, 2.45) is 0 Å². The number of carbonyl (C=O) groups is 12. The Morgan fingerprint density at radius 3 is 0.984 bits per heavy atom. The van der Waals surface area contributed by atoms with Gasteiger partial charge >= 0.3 is 18.3 Å². The van der Waals surface area contributed by atoms with Crippen molar-refractivity contribution >= 4 is 71.4 Å². The Morgan fingerprint density at radius 2 is 0.675 bits per heavy atom. The van der Waals surface area contributed by atoms with Crippen LogP contribution in [0.2, 0.25) is 0 Å². The van der Waals surface area contributed by atoms with Gasteiger partial charge in [-0.2, -0.15) is 0 Å². The Hall–Kier alpha value is -7.64. The average molecular weight is 1810 g/mol. The summed E-state index contributed by atoms with van der Waals surface area (Å²) in [5.74, 6) is -3.19. The van der Waals surface area contributed by atoms with Crippen molar-refractivity contribution in [2.45, 2.75) is 317 Å². The summed E-state index contributed by atoms with van der Waals surface area (Å²) in [4.78, 5) is 154.